The number of amides is 1. The van der Waals surface area contributed by atoms with Gasteiger partial charge in [0.05, 0.1) is 6.54 Å². The monoisotopic (exact) mass is 296 g/mol. The van der Waals surface area contributed by atoms with E-state index in [4.69, 9.17) is 5.11 Å². The summed E-state index contributed by atoms with van der Waals surface area (Å²) in [7, 11) is 0. The third-order valence-electron chi connectivity index (χ3n) is 4.91. The zero-order chi connectivity index (χ0) is 15.2. The first kappa shape index (κ1) is 16.3. The maximum atomic E-state index is 12.3. The minimum atomic E-state index is -0.719. The lowest BCUT2D eigenvalue weighted by Gasteiger charge is -2.36. The molecular weight excluding hydrogens is 268 g/mol. The molecule has 0 aromatic rings. The Morgan fingerprint density at radius 2 is 1.86 bits per heavy atom. The number of carboxylic acids is 1. The zero-order valence-corrected chi connectivity index (χ0v) is 13.1. The Labute approximate surface area is 127 Å². The van der Waals surface area contributed by atoms with Gasteiger partial charge in [0, 0.05) is 26.1 Å². The molecule has 2 unspecified atom stereocenters. The third kappa shape index (κ3) is 4.99. The van der Waals surface area contributed by atoms with Crippen LogP contribution in [-0.4, -0.2) is 59.5 Å². The molecule has 21 heavy (non-hydrogen) atoms. The molecule has 2 aliphatic rings. The molecule has 0 bridgehead atoms. The van der Waals surface area contributed by atoms with E-state index >= 15 is 0 Å². The summed E-state index contributed by atoms with van der Waals surface area (Å²) in [6.45, 7) is 6.19. The molecule has 120 valence electrons. The van der Waals surface area contributed by atoms with E-state index in [-0.39, 0.29) is 18.2 Å². The van der Waals surface area contributed by atoms with Crippen molar-refractivity contribution in [3.05, 3.63) is 0 Å². The minimum absolute atomic E-state index is 0.190. The lowest BCUT2D eigenvalue weighted by atomic mass is 9.84. The van der Waals surface area contributed by atoms with Gasteiger partial charge in [0.25, 0.3) is 0 Å². The highest BCUT2D eigenvalue weighted by Gasteiger charge is 2.28. The van der Waals surface area contributed by atoms with E-state index in [0.29, 0.717) is 12.5 Å². The van der Waals surface area contributed by atoms with E-state index in [9.17, 15) is 9.59 Å². The summed E-state index contributed by atoms with van der Waals surface area (Å²) < 4.78 is 0. The van der Waals surface area contributed by atoms with Crippen molar-refractivity contribution in [2.24, 2.45) is 11.8 Å². The maximum absolute atomic E-state index is 12.3. The van der Waals surface area contributed by atoms with Crippen molar-refractivity contribution >= 4 is 11.9 Å². The Bertz CT molecular complexity index is 367. The van der Waals surface area contributed by atoms with Crippen LogP contribution in [0, 0.1) is 11.8 Å². The molecule has 2 rings (SSSR count). The summed E-state index contributed by atoms with van der Waals surface area (Å²) in [4.78, 5) is 27.4. The number of rotatable bonds is 5. The van der Waals surface area contributed by atoms with Crippen LogP contribution in [0.3, 0.4) is 0 Å². The van der Waals surface area contributed by atoms with E-state index in [2.05, 4.69) is 4.90 Å². The number of aliphatic carboxylic acids is 1. The van der Waals surface area contributed by atoms with Gasteiger partial charge < -0.3 is 10.0 Å². The molecule has 0 saturated carbocycles. The average molecular weight is 296 g/mol. The van der Waals surface area contributed by atoms with Crippen LogP contribution >= 0.6 is 0 Å². The van der Waals surface area contributed by atoms with Crippen molar-refractivity contribution in [3.63, 3.8) is 0 Å². The van der Waals surface area contributed by atoms with Crippen LogP contribution in [0.5, 0.6) is 0 Å². The Hall–Kier alpha value is -1.10. The molecule has 2 aliphatic heterocycles. The number of hydrogen-bond acceptors (Lipinski definition) is 3. The molecule has 5 nitrogen and oxygen atoms in total. The lowest BCUT2D eigenvalue weighted by Crippen LogP contribution is -2.46. The summed E-state index contributed by atoms with van der Waals surface area (Å²) >= 11 is 0. The van der Waals surface area contributed by atoms with E-state index in [1.54, 1.807) is 0 Å². The molecule has 0 aromatic heterocycles. The second kappa shape index (κ2) is 7.78. The summed E-state index contributed by atoms with van der Waals surface area (Å²) in [5, 5.41) is 8.92. The van der Waals surface area contributed by atoms with Crippen molar-refractivity contribution in [2.75, 3.05) is 32.7 Å². The average Bonchev–Trinajstić information content (AvgIpc) is 2.47. The number of hydrogen-bond donors (Lipinski definition) is 1. The van der Waals surface area contributed by atoms with E-state index in [0.717, 1.165) is 51.9 Å². The third-order valence-corrected chi connectivity index (χ3v) is 4.91. The highest BCUT2D eigenvalue weighted by atomic mass is 16.4. The number of likely N-dealkylation sites (tertiary alicyclic amines) is 2. The van der Waals surface area contributed by atoms with Crippen molar-refractivity contribution in [2.45, 2.75) is 45.4 Å². The maximum Gasteiger partial charge on any atom is 0.303 e. The van der Waals surface area contributed by atoms with Gasteiger partial charge in [0.15, 0.2) is 0 Å². The fraction of sp³-hybridized carbons (Fsp3) is 0.875. The van der Waals surface area contributed by atoms with Crippen molar-refractivity contribution in [3.8, 4) is 0 Å². The molecule has 1 N–H and O–H groups in total. The molecule has 0 radical (unpaired) electrons. The Balaban J connectivity index is 1.80. The number of carboxylic acid groups (broad SMARTS) is 1. The first-order valence-corrected chi connectivity index (χ1v) is 8.28. The lowest BCUT2D eigenvalue weighted by molar-refractivity contribution is -0.139. The smallest absolute Gasteiger partial charge is 0.303 e. The fourth-order valence-electron chi connectivity index (χ4n) is 3.58. The zero-order valence-electron chi connectivity index (χ0n) is 13.1. The number of carbonyl (C=O) groups is 2. The van der Waals surface area contributed by atoms with E-state index in [1.807, 2.05) is 11.8 Å². The summed E-state index contributed by atoms with van der Waals surface area (Å²) in [6, 6.07) is 0. The summed E-state index contributed by atoms with van der Waals surface area (Å²) in [5.74, 6) is 0.129. The first-order chi connectivity index (χ1) is 10.1. The van der Waals surface area contributed by atoms with E-state index < -0.39 is 5.97 Å². The normalized spacial score (nSPS) is 25.6. The van der Waals surface area contributed by atoms with Crippen LogP contribution in [-0.2, 0) is 9.59 Å². The molecule has 2 atom stereocenters. The first-order valence-electron chi connectivity index (χ1n) is 8.28. The van der Waals surface area contributed by atoms with Crippen molar-refractivity contribution in [1.82, 2.24) is 9.80 Å². The van der Waals surface area contributed by atoms with Gasteiger partial charge in [-0.15, -0.1) is 0 Å². The molecule has 2 fully saturated rings. The standard InChI is InChI=1S/C16H28N2O3/c1-13(10-16(20)21)14-6-5-7-17(11-14)12-15(19)18-8-3-2-4-9-18/h13-14H,2-12H2,1H3,(H,20,21). The van der Waals surface area contributed by atoms with Crippen LogP contribution in [0.15, 0.2) is 0 Å². The van der Waals surface area contributed by atoms with Crippen LogP contribution in [0.1, 0.15) is 45.4 Å². The molecule has 0 aliphatic carbocycles. The van der Waals surface area contributed by atoms with Gasteiger partial charge in [-0.3, -0.25) is 14.5 Å². The van der Waals surface area contributed by atoms with Gasteiger partial charge in [-0.2, -0.15) is 0 Å². The molecular formula is C16H28N2O3. The molecule has 0 spiro atoms. The van der Waals surface area contributed by atoms with Crippen LogP contribution in [0.4, 0.5) is 0 Å². The summed E-state index contributed by atoms with van der Waals surface area (Å²) in [6.07, 6.45) is 5.89. The van der Waals surface area contributed by atoms with Crippen LogP contribution < -0.4 is 0 Å². The molecule has 5 heteroatoms. The van der Waals surface area contributed by atoms with Gasteiger partial charge in [0.1, 0.15) is 0 Å². The number of carbonyl (C=O) groups excluding carboxylic acids is 1. The largest absolute Gasteiger partial charge is 0.481 e. The molecule has 1 amide bonds. The predicted octanol–water partition coefficient (Wildman–Crippen LogP) is 1.82. The molecule has 2 saturated heterocycles. The SMILES string of the molecule is CC(CC(=O)O)C1CCCN(CC(=O)N2CCCCC2)C1. The number of nitrogens with zero attached hydrogens (tertiary/aromatic N) is 2. The minimum Gasteiger partial charge on any atom is -0.481 e. The Kier molecular flexibility index (Phi) is 6.03. The van der Waals surface area contributed by atoms with Gasteiger partial charge >= 0.3 is 5.97 Å². The highest BCUT2D eigenvalue weighted by Crippen LogP contribution is 2.26. The summed E-state index contributed by atoms with van der Waals surface area (Å²) in [5.41, 5.74) is 0. The fourth-order valence-corrected chi connectivity index (χ4v) is 3.58. The molecule has 0 aromatic carbocycles. The second-order valence-electron chi connectivity index (χ2n) is 6.65. The predicted molar refractivity (Wildman–Crippen MR) is 81.0 cm³/mol. The van der Waals surface area contributed by atoms with E-state index in [1.165, 1.54) is 6.42 Å². The Morgan fingerprint density at radius 3 is 2.52 bits per heavy atom. The van der Waals surface area contributed by atoms with Gasteiger partial charge in [-0.25, -0.2) is 0 Å². The Morgan fingerprint density at radius 1 is 1.14 bits per heavy atom. The van der Waals surface area contributed by atoms with Crippen molar-refractivity contribution < 1.29 is 14.7 Å². The topological polar surface area (TPSA) is 60.9 Å². The number of piperidine rings is 2. The van der Waals surface area contributed by atoms with Crippen LogP contribution in [0.25, 0.3) is 0 Å². The van der Waals surface area contributed by atoms with Crippen molar-refractivity contribution in [1.29, 1.82) is 0 Å². The van der Waals surface area contributed by atoms with Gasteiger partial charge in [-0.1, -0.05) is 6.92 Å². The highest BCUT2D eigenvalue weighted by molar-refractivity contribution is 5.78. The van der Waals surface area contributed by atoms with Gasteiger partial charge in [-0.05, 0) is 50.5 Å². The molecule has 2 heterocycles. The second-order valence-corrected chi connectivity index (χ2v) is 6.65. The quantitative estimate of drug-likeness (QED) is 0.840. The van der Waals surface area contributed by atoms with Gasteiger partial charge in [0.2, 0.25) is 5.91 Å². The van der Waals surface area contributed by atoms with Crippen LogP contribution in [0.2, 0.25) is 0 Å².